The molecule has 86 valence electrons. The molecule has 1 rings (SSSR count). The monoisotopic (exact) mass is 240 g/mol. The molecule has 1 aromatic heterocycles. The lowest BCUT2D eigenvalue weighted by molar-refractivity contribution is -0.170. The number of aryl methyl sites for hydroxylation is 1. The van der Waals surface area contributed by atoms with E-state index in [-0.39, 0.29) is 6.42 Å². The van der Waals surface area contributed by atoms with Gasteiger partial charge in [0.15, 0.2) is 0 Å². The first-order valence-corrected chi connectivity index (χ1v) is 4.95. The average Bonchev–Trinajstić information content (AvgIpc) is 2.68. The fourth-order valence-corrected chi connectivity index (χ4v) is 1.54. The minimum atomic E-state index is -4.68. The maximum atomic E-state index is 11.7. The van der Waals surface area contributed by atoms with E-state index in [1.54, 1.807) is 17.5 Å². The van der Waals surface area contributed by atoms with Crippen molar-refractivity contribution in [1.82, 2.24) is 0 Å². The van der Waals surface area contributed by atoms with Gasteiger partial charge in [-0.1, -0.05) is 6.07 Å². The Morgan fingerprint density at radius 1 is 1.47 bits per heavy atom. The standard InChI is InChI=1S/C8H7F3OS.CH4O/c9-8(10,11)7(12)4-3-6-2-1-5-13-6;1-2/h1-2,5H,3-4H2;2H,1H3. The fraction of sp³-hybridized carbons (Fsp3) is 0.444. The lowest BCUT2D eigenvalue weighted by Crippen LogP contribution is -2.22. The molecule has 0 aliphatic rings. The van der Waals surface area contributed by atoms with Gasteiger partial charge in [0.1, 0.15) is 0 Å². The predicted octanol–water partition coefficient (Wildman–Crippen LogP) is 2.42. The van der Waals surface area contributed by atoms with Crippen molar-refractivity contribution in [2.45, 2.75) is 19.0 Å². The van der Waals surface area contributed by atoms with Gasteiger partial charge in [0.2, 0.25) is 5.78 Å². The van der Waals surface area contributed by atoms with Crippen LogP contribution in [0.3, 0.4) is 0 Å². The van der Waals surface area contributed by atoms with E-state index in [1.807, 2.05) is 0 Å². The van der Waals surface area contributed by atoms with Crippen LogP contribution in [0.15, 0.2) is 17.5 Å². The Bertz CT molecular complexity index is 280. The van der Waals surface area contributed by atoms with Gasteiger partial charge in [0, 0.05) is 18.4 Å². The summed E-state index contributed by atoms with van der Waals surface area (Å²) in [7, 11) is 1.00. The number of rotatable bonds is 3. The summed E-state index contributed by atoms with van der Waals surface area (Å²) in [6.45, 7) is 0. The Balaban J connectivity index is 0.000000921. The van der Waals surface area contributed by atoms with Gasteiger partial charge >= 0.3 is 6.18 Å². The number of ketones is 1. The molecule has 2 nitrogen and oxygen atoms in total. The fourth-order valence-electron chi connectivity index (χ4n) is 0.833. The number of aliphatic hydroxyl groups is 1. The van der Waals surface area contributed by atoms with Gasteiger partial charge in [-0.15, -0.1) is 11.3 Å². The number of carbonyl (C=O) groups is 1. The summed E-state index contributed by atoms with van der Waals surface area (Å²) >= 11 is 1.36. The Hall–Kier alpha value is -0.880. The second-order valence-corrected chi connectivity index (χ2v) is 3.53. The summed E-state index contributed by atoms with van der Waals surface area (Å²) < 4.78 is 35.2. The molecule has 6 heteroatoms. The van der Waals surface area contributed by atoms with E-state index in [2.05, 4.69) is 0 Å². The van der Waals surface area contributed by atoms with Crippen LogP contribution in [0.1, 0.15) is 11.3 Å². The third-order valence-corrected chi connectivity index (χ3v) is 2.43. The summed E-state index contributed by atoms with van der Waals surface area (Å²) in [6, 6.07) is 3.46. The molecule has 0 atom stereocenters. The smallest absolute Gasteiger partial charge is 0.400 e. The van der Waals surface area contributed by atoms with Crippen LogP contribution in [0, 0.1) is 0 Å². The minimum absolute atomic E-state index is 0.177. The van der Waals surface area contributed by atoms with Gasteiger partial charge in [0.05, 0.1) is 0 Å². The largest absolute Gasteiger partial charge is 0.449 e. The van der Waals surface area contributed by atoms with E-state index >= 15 is 0 Å². The zero-order valence-electron chi connectivity index (χ0n) is 8.04. The lowest BCUT2D eigenvalue weighted by Gasteiger charge is -2.02. The minimum Gasteiger partial charge on any atom is -0.400 e. The van der Waals surface area contributed by atoms with Crippen LogP contribution in [-0.2, 0) is 11.2 Å². The van der Waals surface area contributed by atoms with E-state index in [0.29, 0.717) is 0 Å². The molecule has 0 fully saturated rings. The summed E-state index contributed by atoms with van der Waals surface area (Å²) in [5.41, 5.74) is 0. The molecule has 1 N–H and O–H groups in total. The zero-order valence-corrected chi connectivity index (χ0v) is 8.86. The van der Waals surface area contributed by atoms with Crippen molar-refractivity contribution in [3.8, 4) is 0 Å². The molecule has 0 aliphatic carbocycles. The third-order valence-electron chi connectivity index (χ3n) is 1.49. The number of carbonyl (C=O) groups excluding carboxylic acids is 1. The Morgan fingerprint density at radius 2 is 2.07 bits per heavy atom. The molecule has 0 unspecified atom stereocenters. The second-order valence-electron chi connectivity index (χ2n) is 2.50. The van der Waals surface area contributed by atoms with E-state index in [4.69, 9.17) is 5.11 Å². The molecule has 0 saturated carbocycles. The SMILES string of the molecule is CO.O=C(CCc1cccs1)C(F)(F)F. The molecule has 15 heavy (non-hydrogen) atoms. The first kappa shape index (κ1) is 14.1. The van der Waals surface area contributed by atoms with Crippen molar-refractivity contribution < 1.29 is 23.1 Å². The molecule has 0 spiro atoms. The van der Waals surface area contributed by atoms with Crippen molar-refractivity contribution in [3.63, 3.8) is 0 Å². The summed E-state index contributed by atoms with van der Waals surface area (Å²) in [5.74, 6) is -1.65. The van der Waals surface area contributed by atoms with Crippen molar-refractivity contribution in [1.29, 1.82) is 0 Å². The molecule has 0 saturated heterocycles. The molecule has 0 radical (unpaired) electrons. The Labute approximate surface area is 89.4 Å². The van der Waals surface area contributed by atoms with Crippen LogP contribution in [-0.4, -0.2) is 24.2 Å². The van der Waals surface area contributed by atoms with Crippen molar-refractivity contribution >= 4 is 17.1 Å². The molecule has 0 aromatic carbocycles. The van der Waals surface area contributed by atoms with Gasteiger partial charge in [-0.2, -0.15) is 13.2 Å². The molecular formula is C9H11F3O2S. The van der Waals surface area contributed by atoms with Gasteiger partial charge < -0.3 is 5.11 Å². The van der Waals surface area contributed by atoms with E-state index in [0.717, 1.165) is 12.0 Å². The molecule has 0 bridgehead atoms. The summed E-state index contributed by atoms with van der Waals surface area (Å²) in [4.78, 5) is 11.2. The normalized spacial score (nSPS) is 10.5. The highest BCUT2D eigenvalue weighted by atomic mass is 32.1. The molecule has 1 aromatic rings. The van der Waals surface area contributed by atoms with Gasteiger partial charge in [-0.3, -0.25) is 4.79 Å². The van der Waals surface area contributed by atoms with Crippen molar-refractivity contribution in [3.05, 3.63) is 22.4 Å². The highest BCUT2D eigenvalue weighted by Gasteiger charge is 2.37. The van der Waals surface area contributed by atoms with Crippen LogP contribution in [0.25, 0.3) is 0 Å². The van der Waals surface area contributed by atoms with Gasteiger partial charge in [-0.25, -0.2) is 0 Å². The molecule has 1 heterocycles. The number of thiophene rings is 1. The molecule has 0 aliphatic heterocycles. The summed E-state index contributed by atoms with van der Waals surface area (Å²) in [5, 5.41) is 8.77. The first-order valence-electron chi connectivity index (χ1n) is 4.07. The third kappa shape index (κ3) is 5.54. The van der Waals surface area contributed by atoms with E-state index in [9.17, 15) is 18.0 Å². The quantitative estimate of drug-likeness (QED) is 0.881. The van der Waals surface area contributed by atoms with Crippen LogP contribution in [0.4, 0.5) is 13.2 Å². The number of hydrogen-bond donors (Lipinski definition) is 1. The lowest BCUT2D eigenvalue weighted by atomic mass is 10.2. The van der Waals surface area contributed by atoms with Gasteiger partial charge in [-0.05, 0) is 17.9 Å². The van der Waals surface area contributed by atoms with Crippen molar-refractivity contribution in [2.24, 2.45) is 0 Å². The first-order chi connectivity index (χ1) is 7.00. The second kappa shape index (κ2) is 6.58. The highest BCUT2D eigenvalue weighted by Crippen LogP contribution is 2.20. The highest BCUT2D eigenvalue weighted by molar-refractivity contribution is 7.09. The van der Waals surface area contributed by atoms with Crippen LogP contribution in [0.2, 0.25) is 0 Å². The van der Waals surface area contributed by atoms with E-state index in [1.165, 1.54) is 11.3 Å². The number of hydrogen-bond acceptors (Lipinski definition) is 3. The number of Topliss-reactive ketones (excluding diaryl/α,β-unsaturated/α-hetero) is 1. The maximum absolute atomic E-state index is 11.7. The Kier molecular flexibility index (Phi) is 6.19. The van der Waals surface area contributed by atoms with Crippen LogP contribution in [0.5, 0.6) is 0 Å². The summed E-state index contributed by atoms with van der Waals surface area (Å²) in [6.07, 6.45) is -4.96. The molecular weight excluding hydrogens is 229 g/mol. The van der Waals surface area contributed by atoms with Crippen LogP contribution >= 0.6 is 11.3 Å². The Morgan fingerprint density at radius 3 is 2.47 bits per heavy atom. The van der Waals surface area contributed by atoms with Crippen LogP contribution < -0.4 is 0 Å². The van der Waals surface area contributed by atoms with Crippen molar-refractivity contribution in [2.75, 3.05) is 7.11 Å². The zero-order chi connectivity index (χ0) is 11.9. The van der Waals surface area contributed by atoms with Gasteiger partial charge in [0.25, 0.3) is 0 Å². The topological polar surface area (TPSA) is 37.3 Å². The number of halogens is 3. The maximum Gasteiger partial charge on any atom is 0.449 e. The number of alkyl halides is 3. The molecule has 0 amide bonds. The van der Waals surface area contributed by atoms with E-state index < -0.39 is 18.4 Å². The average molecular weight is 240 g/mol. The predicted molar refractivity (Wildman–Crippen MR) is 51.8 cm³/mol. The number of aliphatic hydroxyl groups excluding tert-OH is 1.